The van der Waals surface area contributed by atoms with Gasteiger partial charge < -0.3 is 4.74 Å². The van der Waals surface area contributed by atoms with E-state index in [1.165, 1.54) is 0 Å². The number of aromatic nitrogens is 3. The van der Waals surface area contributed by atoms with E-state index in [1.807, 2.05) is 55.6 Å². The molecular weight excluding hydrogens is 324 g/mol. The molecule has 6 heteroatoms. The van der Waals surface area contributed by atoms with Crippen LogP contribution in [0, 0.1) is 0 Å². The molecule has 3 aromatic rings. The van der Waals surface area contributed by atoms with Crippen LogP contribution >= 0.6 is 11.6 Å². The van der Waals surface area contributed by atoms with Gasteiger partial charge in [0.1, 0.15) is 17.9 Å². The Labute approximate surface area is 146 Å². The maximum absolute atomic E-state index is 6.44. The Hall–Kier alpha value is -2.37. The van der Waals surface area contributed by atoms with Crippen molar-refractivity contribution in [3.05, 3.63) is 76.8 Å². The zero-order chi connectivity index (χ0) is 16.9. The molecule has 24 heavy (non-hydrogen) atoms. The van der Waals surface area contributed by atoms with Crippen LogP contribution in [0.4, 0.5) is 0 Å². The van der Waals surface area contributed by atoms with Crippen molar-refractivity contribution >= 4 is 11.6 Å². The molecule has 1 N–H and O–H groups in total. The quantitative estimate of drug-likeness (QED) is 0.746. The van der Waals surface area contributed by atoms with Gasteiger partial charge in [-0.25, -0.2) is 4.98 Å². The Kier molecular flexibility index (Phi) is 5.13. The number of hydrogen-bond donors (Lipinski definition) is 1. The van der Waals surface area contributed by atoms with Crippen LogP contribution < -0.4 is 10.1 Å². The molecule has 0 radical (unpaired) electrons. The summed E-state index contributed by atoms with van der Waals surface area (Å²) in [6.07, 6.45) is 1.55. The molecule has 0 aliphatic rings. The first kappa shape index (κ1) is 16.5. The first-order valence-corrected chi connectivity index (χ1v) is 8.02. The maximum Gasteiger partial charge on any atom is 0.140 e. The van der Waals surface area contributed by atoms with Crippen LogP contribution in [0.5, 0.6) is 5.75 Å². The lowest BCUT2D eigenvalue weighted by atomic mass is 9.97. The fourth-order valence-corrected chi connectivity index (χ4v) is 2.92. The van der Waals surface area contributed by atoms with Crippen LogP contribution in [-0.2, 0) is 13.6 Å². The van der Waals surface area contributed by atoms with E-state index in [0.29, 0.717) is 11.6 Å². The van der Waals surface area contributed by atoms with Crippen LogP contribution in [0.2, 0.25) is 5.02 Å². The second-order valence-corrected chi connectivity index (χ2v) is 5.78. The van der Waals surface area contributed by atoms with E-state index >= 15 is 0 Å². The van der Waals surface area contributed by atoms with Crippen molar-refractivity contribution in [1.82, 2.24) is 20.1 Å². The molecule has 0 aliphatic carbocycles. The lowest BCUT2D eigenvalue weighted by Gasteiger charge is -2.22. The van der Waals surface area contributed by atoms with Gasteiger partial charge in [0.2, 0.25) is 0 Å². The van der Waals surface area contributed by atoms with Gasteiger partial charge >= 0.3 is 0 Å². The predicted octanol–water partition coefficient (Wildman–Crippen LogP) is 3.36. The predicted molar refractivity (Wildman–Crippen MR) is 94.1 cm³/mol. The van der Waals surface area contributed by atoms with Crippen molar-refractivity contribution in [1.29, 1.82) is 0 Å². The summed E-state index contributed by atoms with van der Waals surface area (Å²) >= 11 is 6.44. The summed E-state index contributed by atoms with van der Waals surface area (Å²) in [5, 5.41) is 8.34. The lowest BCUT2D eigenvalue weighted by Crippen LogP contribution is -2.24. The number of nitrogens with one attached hydrogen (secondary N) is 1. The zero-order valence-electron chi connectivity index (χ0n) is 13.6. The van der Waals surface area contributed by atoms with E-state index in [-0.39, 0.29) is 6.04 Å². The summed E-state index contributed by atoms with van der Waals surface area (Å²) < 4.78 is 7.28. The molecule has 124 valence electrons. The standard InChI is InChI=1S/C18H19ClN4O/c1-23-17(21-12-22-23)11-20-18(13-7-3-5-9-15(13)19)14-8-4-6-10-16(14)24-2/h3-10,12,18,20H,11H2,1-2H3/t18-/m0/s1. The average Bonchev–Trinajstić information content (AvgIpc) is 3.02. The van der Waals surface area contributed by atoms with Crippen molar-refractivity contribution in [2.45, 2.75) is 12.6 Å². The van der Waals surface area contributed by atoms with E-state index in [9.17, 15) is 0 Å². The highest BCUT2D eigenvalue weighted by atomic mass is 35.5. The molecule has 0 saturated heterocycles. The van der Waals surface area contributed by atoms with Crippen molar-refractivity contribution < 1.29 is 4.74 Å². The van der Waals surface area contributed by atoms with Crippen LogP contribution in [0.1, 0.15) is 23.0 Å². The first-order valence-electron chi connectivity index (χ1n) is 7.64. The molecule has 0 spiro atoms. The highest BCUT2D eigenvalue weighted by molar-refractivity contribution is 6.31. The second-order valence-electron chi connectivity index (χ2n) is 5.38. The molecule has 0 unspecified atom stereocenters. The van der Waals surface area contributed by atoms with E-state index in [1.54, 1.807) is 18.1 Å². The normalized spacial score (nSPS) is 12.1. The van der Waals surface area contributed by atoms with Gasteiger partial charge in [-0.15, -0.1) is 0 Å². The molecule has 0 bridgehead atoms. The van der Waals surface area contributed by atoms with Gasteiger partial charge in [0.15, 0.2) is 0 Å². The fourth-order valence-electron chi connectivity index (χ4n) is 2.68. The molecule has 1 atom stereocenters. The summed E-state index contributed by atoms with van der Waals surface area (Å²) in [6.45, 7) is 0.560. The van der Waals surface area contributed by atoms with E-state index in [0.717, 1.165) is 22.7 Å². The van der Waals surface area contributed by atoms with Crippen LogP contribution in [0.25, 0.3) is 0 Å². The summed E-state index contributed by atoms with van der Waals surface area (Å²) in [6, 6.07) is 15.6. The second kappa shape index (κ2) is 7.47. The summed E-state index contributed by atoms with van der Waals surface area (Å²) in [5.41, 5.74) is 2.01. The van der Waals surface area contributed by atoms with Crippen LogP contribution in [0.15, 0.2) is 54.9 Å². The highest BCUT2D eigenvalue weighted by Gasteiger charge is 2.20. The van der Waals surface area contributed by atoms with Gasteiger partial charge in [-0.2, -0.15) is 5.10 Å². The smallest absolute Gasteiger partial charge is 0.140 e. The molecule has 1 aromatic heterocycles. The van der Waals surface area contributed by atoms with Gasteiger partial charge in [0.25, 0.3) is 0 Å². The topological polar surface area (TPSA) is 52.0 Å². The number of methoxy groups -OCH3 is 1. The summed E-state index contributed by atoms with van der Waals surface area (Å²) in [4.78, 5) is 4.27. The third-order valence-corrected chi connectivity index (χ3v) is 4.28. The number of benzene rings is 2. The minimum absolute atomic E-state index is 0.119. The molecule has 1 heterocycles. The number of rotatable bonds is 6. The van der Waals surface area contributed by atoms with Gasteiger partial charge in [-0.05, 0) is 17.7 Å². The maximum atomic E-state index is 6.44. The molecule has 0 saturated carbocycles. The Bertz CT molecular complexity index is 818. The largest absolute Gasteiger partial charge is 0.496 e. The molecule has 2 aromatic carbocycles. The Morgan fingerprint density at radius 2 is 1.83 bits per heavy atom. The van der Waals surface area contributed by atoms with Gasteiger partial charge in [0.05, 0.1) is 19.7 Å². The summed E-state index contributed by atoms with van der Waals surface area (Å²) in [7, 11) is 3.54. The molecule has 3 rings (SSSR count). The van der Waals surface area contributed by atoms with Gasteiger partial charge in [0, 0.05) is 17.6 Å². The molecule has 0 aliphatic heterocycles. The molecule has 0 fully saturated rings. The number of aryl methyl sites for hydroxylation is 1. The molecule has 5 nitrogen and oxygen atoms in total. The zero-order valence-corrected chi connectivity index (χ0v) is 14.4. The first-order chi connectivity index (χ1) is 11.7. The number of ether oxygens (including phenoxy) is 1. The number of nitrogens with zero attached hydrogens (tertiary/aromatic N) is 3. The average molecular weight is 343 g/mol. The minimum Gasteiger partial charge on any atom is -0.496 e. The third-order valence-electron chi connectivity index (χ3n) is 3.94. The number of hydrogen-bond acceptors (Lipinski definition) is 4. The molecular formula is C18H19ClN4O. The Morgan fingerprint density at radius 3 is 2.50 bits per heavy atom. The summed E-state index contributed by atoms with van der Waals surface area (Å²) in [5.74, 6) is 1.66. The van der Waals surface area contributed by atoms with Crippen molar-refractivity contribution in [3.63, 3.8) is 0 Å². The van der Waals surface area contributed by atoms with Crippen LogP contribution in [-0.4, -0.2) is 21.9 Å². The monoisotopic (exact) mass is 342 g/mol. The van der Waals surface area contributed by atoms with E-state index < -0.39 is 0 Å². The lowest BCUT2D eigenvalue weighted by molar-refractivity contribution is 0.403. The van der Waals surface area contributed by atoms with Crippen molar-refractivity contribution in [2.75, 3.05) is 7.11 Å². The van der Waals surface area contributed by atoms with Gasteiger partial charge in [-0.3, -0.25) is 10.00 Å². The van der Waals surface area contributed by atoms with Crippen molar-refractivity contribution in [2.24, 2.45) is 7.05 Å². The number of para-hydroxylation sites is 1. The van der Waals surface area contributed by atoms with Crippen molar-refractivity contribution in [3.8, 4) is 5.75 Å². The third kappa shape index (κ3) is 3.42. The highest BCUT2D eigenvalue weighted by Crippen LogP contribution is 2.33. The molecule has 0 amide bonds. The van der Waals surface area contributed by atoms with Gasteiger partial charge in [-0.1, -0.05) is 48.0 Å². The Balaban J connectivity index is 1.98. The van der Waals surface area contributed by atoms with Crippen LogP contribution in [0.3, 0.4) is 0 Å². The minimum atomic E-state index is -0.119. The SMILES string of the molecule is COc1ccccc1[C@@H](NCc1ncnn1C)c1ccccc1Cl. The Morgan fingerprint density at radius 1 is 1.12 bits per heavy atom. The van der Waals surface area contributed by atoms with E-state index in [2.05, 4.69) is 15.4 Å². The van der Waals surface area contributed by atoms with E-state index in [4.69, 9.17) is 16.3 Å². The number of halogens is 1. The fraction of sp³-hybridized carbons (Fsp3) is 0.222.